The number of amides is 1. The summed E-state index contributed by atoms with van der Waals surface area (Å²) in [5.41, 5.74) is 5.55. The van der Waals surface area contributed by atoms with E-state index in [2.05, 4.69) is 0 Å². The van der Waals surface area contributed by atoms with Crippen LogP contribution in [0.4, 0.5) is 4.79 Å². The van der Waals surface area contributed by atoms with Gasteiger partial charge < -0.3 is 20.3 Å². The summed E-state index contributed by atoms with van der Waals surface area (Å²) in [4.78, 5) is 10.5. The highest BCUT2D eigenvalue weighted by atomic mass is 16.6. The minimum atomic E-state index is -0.831. The van der Waals surface area contributed by atoms with Gasteiger partial charge in [0.1, 0.15) is 24.2 Å². The predicted molar refractivity (Wildman–Crippen MR) is 51.8 cm³/mol. The highest BCUT2D eigenvalue weighted by molar-refractivity contribution is 5.65. The Bertz CT molecular complexity index is 391. The molecule has 0 bridgehead atoms. The molecule has 0 saturated carbocycles. The van der Waals surface area contributed by atoms with Gasteiger partial charge in [-0.05, 0) is 12.1 Å². The van der Waals surface area contributed by atoms with Crippen molar-refractivity contribution in [1.29, 1.82) is 0 Å². The van der Waals surface area contributed by atoms with Crippen LogP contribution in [-0.2, 0) is 11.2 Å². The van der Waals surface area contributed by atoms with Crippen molar-refractivity contribution in [2.75, 3.05) is 6.61 Å². The van der Waals surface area contributed by atoms with Gasteiger partial charge in [-0.2, -0.15) is 0 Å². The highest BCUT2D eigenvalue weighted by Gasteiger charge is 2.24. The van der Waals surface area contributed by atoms with E-state index in [1.165, 1.54) is 0 Å². The average Bonchev–Trinajstić information content (AvgIpc) is 2.18. The zero-order valence-corrected chi connectivity index (χ0v) is 7.97. The second-order valence-electron chi connectivity index (χ2n) is 3.33. The average molecular weight is 209 g/mol. The molecule has 1 aromatic rings. The number of primary amides is 1. The molecule has 1 unspecified atom stereocenters. The number of ether oxygens (including phenoxy) is 2. The molecule has 5 heteroatoms. The molecule has 0 radical (unpaired) electrons. The Morgan fingerprint density at radius 3 is 3.13 bits per heavy atom. The number of hydrogen-bond donors (Lipinski definition) is 2. The first kappa shape index (κ1) is 9.64. The fraction of sp³-hybridized carbons (Fsp3) is 0.300. The monoisotopic (exact) mass is 209 g/mol. The number of rotatable bonds is 1. The van der Waals surface area contributed by atoms with Crippen LogP contribution < -0.4 is 10.5 Å². The first-order chi connectivity index (χ1) is 7.16. The summed E-state index contributed by atoms with van der Waals surface area (Å²) in [5.74, 6) is 0.768. The van der Waals surface area contributed by atoms with Crippen molar-refractivity contribution < 1.29 is 19.4 Å². The van der Waals surface area contributed by atoms with Gasteiger partial charge in [0.05, 0.1) is 0 Å². The van der Waals surface area contributed by atoms with Gasteiger partial charge in [0, 0.05) is 12.0 Å². The van der Waals surface area contributed by atoms with E-state index < -0.39 is 12.2 Å². The summed E-state index contributed by atoms with van der Waals surface area (Å²) < 4.78 is 10.1. The number of aromatic hydroxyl groups is 1. The molecule has 1 atom stereocenters. The Morgan fingerprint density at radius 2 is 2.40 bits per heavy atom. The van der Waals surface area contributed by atoms with Crippen molar-refractivity contribution in [3.63, 3.8) is 0 Å². The lowest BCUT2D eigenvalue weighted by molar-refractivity contribution is 0.0608. The molecule has 3 N–H and O–H groups in total. The molecule has 0 fully saturated rings. The van der Waals surface area contributed by atoms with Gasteiger partial charge in [-0.25, -0.2) is 4.79 Å². The number of phenolic OH excluding ortho intramolecular Hbond substituents is 1. The summed E-state index contributed by atoms with van der Waals surface area (Å²) in [6.45, 7) is 0.263. The predicted octanol–water partition coefficient (Wildman–Crippen LogP) is 0.791. The van der Waals surface area contributed by atoms with Crippen LogP contribution in [0.1, 0.15) is 5.56 Å². The minimum absolute atomic E-state index is 0.144. The van der Waals surface area contributed by atoms with Crippen molar-refractivity contribution in [3.05, 3.63) is 23.8 Å². The maximum atomic E-state index is 10.5. The lowest BCUT2D eigenvalue weighted by atomic mass is 10.0. The Hall–Kier alpha value is -1.91. The highest BCUT2D eigenvalue weighted by Crippen LogP contribution is 2.32. The largest absolute Gasteiger partial charge is 0.508 e. The summed E-state index contributed by atoms with van der Waals surface area (Å²) in [6.07, 6.45) is -0.837. The van der Waals surface area contributed by atoms with Crippen LogP contribution in [0.25, 0.3) is 0 Å². The maximum absolute atomic E-state index is 10.5. The van der Waals surface area contributed by atoms with Crippen molar-refractivity contribution in [2.45, 2.75) is 12.5 Å². The fourth-order valence-corrected chi connectivity index (χ4v) is 1.60. The van der Waals surface area contributed by atoms with E-state index >= 15 is 0 Å². The molecule has 2 rings (SSSR count). The van der Waals surface area contributed by atoms with Gasteiger partial charge in [-0.1, -0.05) is 6.07 Å². The standard InChI is InChI=1S/C10H11NO4/c11-10(13)15-6-4-7-8(12)2-1-3-9(7)14-5-6/h1-3,6,12H,4-5H2,(H2,11,13). The molecule has 0 spiro atoms. The van der Waals surface area contributed by atoms with Gasteiger partial charge >= 0.3 is 6.09 Å². The van der Waals surface area contributed by atoms with Gasteiger partial charge in [0.15, 0.2) is 0 Å². The van der Waals surface area contributed by atoms with E-state index in [4.69, 9.17) is 15.2 Å². The number of nitrogens with two attached hydrogens (primary N) is 1. The Morgan fingerprint density at radius 1 is 1.60 bits per heavy atom. The molecule has 80 valence electrons. The van der Waals surface area contributed by atoms with Crippen LogP contribution in [-0.4, -0.2) is 23.9 Å². The third kappa shape index (κ3) is 1.96. The molecule has 1 amide bonds. The molecular formula is C10H11NO4. The van der Waals surface area contributed by atoms with E-state index in [1.54, 1.807) is 18.2 Å². The second-order valence-corrected chi connectivity index (χ2v) is 3.33. The van der Waals surface area contributed by atoms with Crippen LogP contribution in [0.3, 0.4) is 0 Å². The molecule has 15 heavy (non-hydrogen) atoms. The molecule has 1 aliphatic heterocycles. The quantitative estimate of drug-likeness (QED) is 0.716. The molecular weight excluding hydrogens is 198 g/mol. The summed E-state index contributed by atoms with van der Waals surface area (Å²) in [6, 6.07) is 5.02. The SMILES string of the molecule is NC(=O)OC1COc2cccc(O)c2C1. The molecule has 1 heterocycles. The molecule has 5 nitrogen and oxygen atoms in total. The third-order valence-corrected chi connectivity index (χ3v) is 2.25. The lowest BCUT2D eigenvalue weighted by Crippen LogP contribution is -2.32. The molecule has 0 aliphatic carbocycles. The van der Waals surface area contributed by atoms with Crippen molar-refractivity contribution >= 4 is 6.09 Å². The van der Waals surface area contributed by atoms with E-state index in [9.17, 15) is 9.90 Å². The van der Waals surface area contributed by atoms with Crippen LogP contribution in [0.15, 0.2) is 18.2 Å². The first-order valence-corrected chi connectivity index (χ1v) is 4.56. The zero-order chi connectivity index (χ0) is 10.8. The number of benzene rings is 1. The van der Waals surface area contributed by atoms with Gasteiger partial charge in [0.2, 0.25) is 0 Å². The van der Waals surface area contributed by atoms with Crippen molar-refractivity contribution in [2.24, 2.45) is 5.73 Å². The third-order valence-electron chi connectivity index (χ3n) is 2.25. The molecule has 0 aromatic heterocycles. The van der Waals surface area contributed by atoms with Crippen LogP contribution >= 0.6 is 0 Å². The van der Waals surface area contributed by atoms with E-state index in [0.717, 1.165) is 0 Å². The van der Waals surface area contributed by atoms with Crippen molar-refractivity contribution in [3.8, 4) is 11.5 Å². The number of phenols is 1. The molecule has 0 saturated heterocycles. The number of carbonyl (C=O) groups excluding carboxylic acids is 1. The molecule has 1 aliphatic rings. The van der Waals surface area contributed by atoms with Crippen LogP contribution in [0.5, 0.6) is 11.5 Å². The van der Waals surface area contributed by atoms with E-state index in [-0.39, 0.29) is 12.4 Å². The van der Waals surface area contributed by atoms with Gasteiger partial charge in [-0.15, -0.1) is 0 Å². The molecule has 1 aromatic carbocycles. The zero-order valence-electron chi connectivity index (χ0n) is 7.97. The Kier molecular flexibility index (Phi) is 2.37. The van der Waals surface area contributed by atoms with Crippen molar-refractivity contribution in [1.82, 2.24) is 0 Å². The van der Waals surface area contributed by atoms with Gasteiger partial charge in [0.25, 0.3) is 0 Å². The summed E-state index contributed by atoms with van der Waals surface area (Å²) in [7, 11) is 0. The summed E-state index contributed by atoms with van der Waals surface area (Å²) in [5, 5.41) is 9.56. The first-order valence-electron chi connectivity index (χ1n) is 4.56. The Balaban J connectivity index is 2.18. The summed E-state index contributed by atoms with van der Waals surface area (Å²) >= 11 is 0. The number of fused-ring (bicyclic) bond motifs is 1. The fourth-order valence-electron chi connectivity index (χ4n) is 1.60. The maximum Gasteiger partial charge on any atom is 0.404 e. The number of carbonyl (C=O) groups is 1. The number of hydrogen-bond acceptors (Lipinski definition) is 4. The normalized spacial score (nSPS) is 18.8. The smallest absolute Gasteiger partial charge is 0.404 e. The minimum Gasteiger partial charge on any atom is -0.508 e. The van der Waals surface area contributed by atoms with Gasteiger partial charge in [-0.3, -0.25) is 0 Å². The van der Waals surface area contributed by atoms with E-state index in [1.807, 2.05) is 0 Å². The van der Waals surface area contributed by atoms with E-state index in [0.29, 0.717) is 17.7 Å². The topological polar surface area (TPSA) is 81.8 Å². The Labute approximate surface area is 86.4 Å². The van der Waals surface area contributed by atoms with Crippen LogP contribution in [0.2, 0.25) is 0 Å². The lowest BCUT2D eigenvalue weighted by Gasteiger charge is -2.24. The second kappa shape index (κ2) is 3.68. The van der Waals surface area contributed by atoms with Crippen LogP contribution in [0, 0.1) is 0 Å².